The van der Waals surface area contributed by atoms with Gasteiger partial charge in [-0.1, -0.05) is 0 Å². The highest BCUT2D eigenvalue weighted by molar-refractivity contribution is 7.88. The van der Waals surface area contributed by atoms with Gasteiger partial charge in [-0.3, -0.25) is 0 Å². The second-order valence-corrected chi connectivity index (χ2v) is 11.2. The number of nitrogens with one attached hydrogen (secondary N) is 1. The molecule has 6 nitrogen and oxygen atoms in total. The smallest absolute Gasteiger partial charge is 0.211 e. The quantitative estimate of drug-likeness (QED) is 0.873. The number of sulfonamides is 1. The minimum absolute atomic E-state index is 0.364. The second-order valence-electron chi connectivity index (χ2n) is 9.27. The number of hydrogen-bond donors (Lipinski definition) is 1. The Morgan fingerprint density at radius 2 is 1.81 bits per heavy atom. The van der Waals surface area contributed by atoms with Gasteiger partial charge in [-0.05, 0) is 68.1 Å². The van der Waals surface area contributed by atoms with Gasteiger partial charge in [0.05, 0.1) is 18.5 Å². The average molecular weight is 377 g/mol. The van der Waals surface area contributed by atoms with Crippen molar-refractivity contribution >= 4 is 15.8 Å². The van der Waals surface area contributed by atoms with E-state index in [1.165, 1.54) is 49.1 Å². The zero-order valence-corrected chi connectivity index (χ0v) is 16.3. The Kier molecular flexibility index (Phi) is 3.84. The molecule has 1 aliphatic heterocycles. The summed E-state index contributed by atoms with van der Waals surface area (Å²) in [5, 5.41) is 3.66. The Hall–Kier alpha value is -1.21. The lowest BCUT2D eigenvalue weighted by Crippen LogP contribution is -2.49. The number of fused-ring (bicyclic) bond motifs is 1. The lowest BCUT2D eigenvalue weighted by molar-refractivity contribution is -0.0444. The summed E-state index contributed by atoms with van der Waals surface area (Å²) in [5.41, 5.74) is 2.42. The van der Waals surface area contributed by atoms with Crippen LogP contribution in [0.2, 0.25) is 0 Å². The minimum atomic E-state index is -3.17. The van der Waals surface area contributed by atoms with E-state index in [-0.39, 0.29) is 0 Å². The van der Waals surface area contributed by atoms with Crippen LogP contribution in [0.4, 0.5) is 5.82 Å². The number of rotatable bonds is 4. The van der Waals surface area contributed by atoms with Gasteiger partial charge in [0.15, 0.2) is 0 Å². The zero-order valence-electron chi connectivity index (χ0n) is 15.4. The van der Waals surface area contributed by atoms with Crippen LogP contribution in [0.25, 0.3) is 0 Å². The normalized spacial score (nSPS) is 36.1. The van der Waals surface area contributed by atoms with Gasteiger partial charge < -0.3 is 5.32 Å². The number of hydrogen-bond acceptors (Lipinski definition) is 5. The molecule has 1 aromatic heterocycles. The van der Waals surface area contributed by atoms with Crippen molar-refractivity contribution in [1.82, 2.24) is 14.3 Å². The number of nitrogens with zero attached hydrogens (tertiary/aromatic N) is 3. The molecular formula is C19H28N4O2S. The third-order valence-electron chi connectivity index (χ3n) is 7.24. The van der Waals surface area contributed by atoms with E-state index >= 15 is 0 Å². The molecule has 6 rings (SSSR count). The maximum absolute atomic E-state index is 11.8. The summed E-state index contributed by atoms with van der Waals surface area (Å²) >= 11 is 0. The van der Waals surface area contributed by atoms with Crippen LogP contribution in [0.1, 0.15) is 49.8 Å². The largest absolute Gasteiger partial charge is 0.369 e. The maximum atomic E-state index is 11.8. The Morgan fingerprint density at radius 3 is 2.42 bits per heavy atom. The molecule has 0 amide bonds. The van der Waals surface area contributed by atoms with Gasteiger partial charge in [-0.15, -0.1) is 0 Å². The lowest BCUT2D eigenvalue weighted by atomic mass is 9.49. The first-order valence-electron chi connectivity index (χ1n) is 9.92. The van der Waals surface area contributed by atoms with Gasteiger partial charge >= 0.3 is 0 Å². The first kappa shape index (κ1) is 16.9. The fourth-order valence-electron chi connectivity index (χ4n) is 6.54. The van der Waals surface area contributed by atoms with E-state index in [2.05, 4.69) is 15.3 Å². The molecule has 2 heterocycles. The first-order valence-corrected chi connectivity index (χ1v) is 11.8. The standard InChI is InChI=1S/C19H28N4O2S/c1-26(24,25)23-3-2-16-17(10-23)21-12-22-18(16)20-11-19-7-13-4-14(8-19)6-15(5-13)9-19/h12-15H,2-11H2,1H3,(H,20,21,22). The van der Waals surface area contributed by atoms with E-state index in [0.717, 1.165) is 41.4 Å². The summed E-state index contributed by atoms with van der Waals surface area (Å²) in [4.78, 5) is 8.87. The van der Waals surface area contributed by atoms with Crippen molar-refractivity contribution in [3.8, 4) is 0 Å². The molecule has 4 aliphatic carbocycles. The molecule has 4 fully saturated rings. The predicted molar refractivity (Wildman–Crippen MR) is 100 cm³/mol. The van der Waals surface area contributed by atoms with E-state index in [1.54, 1.807) is 6.33 Å². The molecule has 1 N–H and O–H groups in total. The molecule has 0 radical (unpaired) electrons. The first-order chi connectivity index (χ1) is 12.4. The van der Waals surface area contributed by atoms with E-state index < -0.39 is 10.0 Å². The van der Waals surface area contributed by atoms with Crippen molar-refractivity contribution in [2.45, 2.75) is 51.5 Å². The highest BCUT2D eigenvalue weighted by Gasteiger charge is 2.50. The topological polar surface area (TPSA) is 75.2 Å². The van der Waals surface area contributed by atoms with Crippen LogP contribution < -0.4 is 5.32 Å². The molecule has 0 unspecified atom stereocenters. The van der Waals surface area contributed by atoms with Crippen LogP contribution in [0, 0.1) is 23.2 Å². The monoisotopic (exact) mass is 376 g/mol. The molecule has 7 heteroatoms. The average Bonchev–Trinajstić information content (AvgIpc) is 2.57. The molecule has 0 saturated heterocycles. The molecular weight excluding hydrogens is 348 g/mol. The van der Waals surface area contributed by atoms with Crippen molar-refractivity contribution in [3.05, 3.63) is 17.6 Å². The Labute approximate surface area is 155 Å². The lowest BCUT2D eigenvalue weighted by Gasteiger charge is -2.57. The van der Waals surface area contributed by atoms with Crippen molar-refractivity contribution in [2.24, 2.45) is 23.2 Å². The fourth-order valence-corrected chi connectivity index (χ4v) is 7.32. The van der Waals surface area contributed by atoms with Crippen molar-refractivity contribution in [2.75, 3.05) is 24.7 Å². The third-order valence-corrected chi connectivity index (χ3v) is 8.49. The Morgan fingerprint density at radius 1 is 1.15 bits per heavy atom. The molecule has 1 aromatic rings. The summed E-state index contributed by atoms with van der Waals surface area (Å²) in [6.07, 6.45) is 12.0. The molecule has 0 spiro atoms. The van der Waals surface area contributed by atoms with Crippen LogP contribution >= 0.6 is 0 Å². The predicted octanol–water partition coefficient (Wildman–Crippen LogP) is 2.42. The Balaban J connectivity index is 1.33. The summed E-state index contributed by atoms with van der Waals surface area (Å²) in [6, 6.07) is 0. The third kappa shape index (κ3) is 2.93. The van der Waals surface area contributed by atoms with E-state index in [0.29, 0.717) is 24.9 Å². The van der Waals surface area contributed by atoms with Crippen molar-refractivity contribution < 1.29 is 8.42 Å². The molecule has 0 atom stereocenters. The fraction of sp³-hybridized carbons (Fsp3) is 0.789. The summed E-state index contributed by atoms with van der Waals surface area (Å²) in [6.45, 7) is 1.89. The van der Waals surface area contributed by atoms with Gasteiger partial charge in [-0.2, -0.15) is 4.31 Å². The molecule has 4 saturated carbocycles. The van der Waals surface area contributed by atoms with Gasteiger partial charge in [0.25, 0.3) is 0 Å². The van der Waals surface area contributed by atoms with Crippen molar-refractivity contribution in [3.63, 3.8) is 0 Å². The summed E-state index contributed by atoms with van der Waals surface area (Å²) in [7, 11) is -3.17. The molecule has 26 heavy (non-hydrogen) atoms. The molecule has 5 aliphatic rings. The highest BCUT2D eigenvalue weighted by atomic mass is 32.2. The molecule has 0 aromatic carbocycles. The van der Waals surface area contributed by atoms with Gasteiger partial charge in [0.1, 0.15) is 12.1 Å². The number of aromatic nitrogens is 2. The van der Waals surface area contributed by atoms with Crippen LogP contribution in [-0.2, 0) is 23.0 Å². The zero-order chi connectivity index (χ0) is 17.9. The highest BCUT2D eigenvalue weighted by Crippen LogP contribution is 2.59. The van der Waals surface area contributed by atoms with Crippen LogP contribution in [0.15, 0.2) is 6.33 Å². The molecule has 142 valence electrons. The number of anilines is 1. The van der Waals surface area contributed by atoms with Crippen molar-refractivity contribution in [1.29, 1.82) is 0 Å². The van der Waals surface area contributed by atoms with Crippen LogP contribution in [0.5, 0.6) is 0 Å². The SMILES string of the molecule is CS(=O)(=O)N1CCc2c(ncnc2NCC23CC4CC(CC(C4)C2)C3)C1. The summed E-state index contributed by atoms with van der Waals surface area (Å²) < 4.78 is 25.2. The van der Waals surface area contributed by atoms with E-state index in [1.807, 2.05) is 0 Å². The summed E-state index contributed by atoms with van der Waals surface area (Å²) in [5.74, 6) is 3.78. The van der Waals surface area contributed by atoms with Gasteiger partial charge in [-0.25, -0.2) is 18.4 Å². The Bertz CT molecular complexity index is 788. The molecule has 4 bridgehead atoms. The van der Waals surface area contributed by atoms with E-state index in [9.17, 15) is 8.42 Å². The van der Waals surface area contributed by atoms with Crippen LogP contribution in [0.3, 0.4) is 0 Å². The van der Waals surface area contributed by atoms with Crippen LogP contribution in [-0.4, -0.2) is 42.0 Å². The van der Waals surface area contributed by atoms with Gasteiger partial charge in [0, 0.05) is 18.7 Å². The second kappa shape index (κ2) is 5.89. The minimum Gasteiger partial charge on any atom is -0.369 e. The maximum Gasteiger partial charge on any atom is 0.211 e. The van der Waals surface area contributed by atoms with E-state index in [4.69, 9.17) is 0 Å². The van der Waals surface area contributed by atoms with Gasteiger partial charge in [0.2, 0.25) is 10.0 Å².